The molecule has 0 saturated carbocycles. The first kappa shape index (κ1) is 22.5. The summed E-state index contributed by atoms with van der Waals surface area (Å²) in [5.41, 5.74) is 0.289. The van der Waals surface area contributed by atoms with Gasteiger partial charge in [-0.25, -0.2) is 22.7 Å². The third-order valence-corrected chi connectivity index (χ3v) is 5.15. The lowest BCUT2D eigenvalue weighted by molar-refractivity contribution is -0.130. The zero-order valence-electron chi connectivity index (χ0n) is 16.1. The van der Waals surface area contributed by atoms with Gasteiger partial charge in [0.15, 0.2) is 6.10 Å². The van der Waals surface area contributed by atoms with Gasteiger partial charge in [-0.1, -0.05) is 43.7 Å². The summed E-state index contributed by atoms with van der Waals surface area (Å²) in [5.74, 6) is -2.70. The van der Waals surface area contributed by atoms with E-state index in [1.54, 1.807) is 0 Å². The van der Waals surface area contributed by atoms with Crippen molar-refractivity contribution in [2.45, 2.75) is 43.7 Å². The van der Waals surface area contributed by atoms with Crippen LogP contribution in [0.3, 0.4) is 0 Å². The largest absolute Gasteiger partial charge is 0.449 e. The standard InChI is InChI=1S/C20H23FN2O5S/c1-3-7-18(14-8-5-4-6-9-14)23-19(24)13(2)28-20(25)16-12-15(29(22,26)27)10-11-17(16)21/h4-6,8-13,18H,3,7H2,1-2H3,(H,23,24)(H2,22,26,27)/t13-,18-/m1/s1. The number of hydrogen-bond acceptors (Lipinski definition) is 5. The van der Waals surface area contributed by atoms with Gasteiger partial charge in [0.05, 0.1) is 16.5 Å². The first-order valence-electron chi connectivity index (χ1n) is 9.02. The smallest absolute Gasteiger partial charge is 0.341 e. The molecule has 2 aromatic rings. The van der Waals surface area contributed by atoms with E-state index >= 15 is 0 Å². The molecule has 0 heterocycles. The van der Waals surface area contributed by atoms with Crippen LogP contribution in [0.15, 0.2) is 53.4 Å². The van der Waals surface area contributed by atoms with Crippen LogP contribution in [0.25, 0.3) is 0 Å². The van der Waals surface area contributed by atoms with Crippen LogP contribution in [0.4, 0.5) is 4.39 Å². The molecule has 2 aromatic carbocycles. The number of nitrogens with two attached hydrogens (primary N) is 1. The van der Waals surface area contributed by atoms with E-state index in [-0.39, 0.29) is 6.04 Å². The lowest BCUT2D eigenvalue weighted by Crippen LogP contribution is -2.38. The Balaban J connectivity index is 2.11. The van der Waals surface area contributed by atoms with Crippen LogP contribution in [0.5, 0.6) is 0 Å². The molecule has 0 unspecified atom stereocenters. The van der Waals surface area contributed by atoms with E-state index in [1.807, 2.05) is 37.3 Å². The minimum absolute atomic E-state index is 0.266. The Bertz CT molecular complexity index is 980. The van der Waals surface area contributed by atoms with Crippen LogP contribution >= 0.6 is 0 Å². The third kappa shape index (κ3) is 6.10. The Morgan fingerprint density at radius 3 is 2.41 bits per heavy atom. The molecule has 0 fully saturated rings. The fraction of sp³-hybridized carbons (Fsp3) is 0.300. The zero-order chi connectivity index (χ0) is 21.6. The molecule has 3 N–H and O–H groups in total. The van der Waals surface area contributed by atoms with Crippen LogP contribution in [0, 0.1) is 5.82 Å². The van der Waals surface area contributed by atoms with Gasteiger partial charge in [-0.05, 0) is 37.1 Å². The molecule has 9 heteroatoms. The number of hydrogen-bond donors (Lipinski definition) is 2. The van der Waals surface area contributed by atoms with Gasteiger partial charge in [0.2, 0.25) is 10.0 Å². The maximum Gasteiger partial charge on any atom is 0.341 e. The molecule has 0 aliphatic rings. The number of benzene rings is 2. The molecule has 7 nitrogen and oxygen atoms in total. The van der Waals surface area contributed by atoms with Crippen molar-refractivity contribution in [3.63, 3.8) is 0 Å². The predicted molar refractivity (Wildman–Crippen MR) is 105 cm³/mol. The van der Waals surface area contributed by atoms with Gasteiger partial charge in [-0.3, -0.25) is 4.79 Å². The minimum atomic E-state index is -4.13. The van der Waals surface area contributed by atoms with Crippen molar-refractivity contribution < 1.29 is 27.1 Å². The molecule has 0 aliphatic heterocycles. The zero-order valence-corrected chi connectivity index (χ0v) is 16.9. The Kier molecular flexibility index (Phi) is 7.46. The van der Waals surface area contributed by atoms with Gasteiger partial charge < -0.3 is 10.1 Å². The first-order chi connectivity index (χ1) is 13.6. The number of halogens is 1. The van der Waals surface area contributed by atoms with Crippen molar-refractivity contribution >= 4 is 21.9 Å². The lowest BCUT2D eigenvalue weighted by Gasteiger charge is -2.21. The predicted octanol–water partition coefficient (Wildman–Crippen LogP) is 2.68. The van der Waals surface area contributed by atoms with Crippen LogP contribution in [0.2, 0.25) is 0 Å². The van der Waals surface area contributed by atoms with Crippen LogP contribution < -0.4 is 10.5 Å². The minimum Gasteiger partial charge on any atom is -0.449 e. The molecule has 0 spiro atoms. The third-order valence-electron chi connectivity index (χ3n) is 4.24. The highest BCUT2D eigenvalue weighted by molar-refractivity contribution is 7.89. The van der Waals surface area contributed by atoms with Gasteiger partial charge in [-0.15, -0.1) is 0 Å². The summed E-state index contributed by atoms with van der Waals surface area (Å²) in [6, 6.07) is 11.6. The number of rotatable bonds is 8. The van der Waals surface area contributed by atoms with Crippen LogP contribution in [-0.2, 0) is 19.6 Å². The number of ether oxygens (including phenoxy) is 1. The average Bonchev–Trinajstić information content (AvgIpc) is 2.67. The lowest BCUT2D eigenvalue weighted by atomic mass is 10.0. The van der Waals surface area contributed by atoms with Crippen molar-refractivity contribution in [1.82, 2.24) is 5.32 Å². The summed E-state index contributed by atoms with van der Waals surface area (Å²) < 4.78 is 41.8. The van der Waals surface area contributed by atoms with Crippen LogP contribution in [-0.4, -0.2) is 26.4 Å². The average molecular weight is 422 g/mol. The molecule has 0 radical (unpaired) electrons. The fourth-order valence-electron chi connectivity index (χ4n) is 2.70. The SMILES string of the molecule is CCC[C@@H](NC(=O)[C@@H](C)OC(=O)c1cc(S(N)(=O)=O)ccc1F)c1ccccc1. The highest BCUT2D eigenvalue weighted by Gasteiger charge is 2.24. The monoisotopic (exact) mass is 422 g/mol. The number of carbonyl (C=O) groups excluding carboxylic acids is 2. The Morgan fingerprint density at radius 2 is 1.83 bits per heavy atom. The summed E-state index contributed by atoms with van der Waals surface area (Å²) in [6.07, 6.45) is 0.282. The van der Waals surface area contributed by atoms with Gasteiger partial charge >= 0.3 is 5.97 Å². The number of carbonyl (C=O) groups is 2. The van der Waals surface area contributed by atoms with Crippen molar-refractivity contribution in [3.05, 3.63) is 65.5 Å². The fourth-order valence-corrected chi connectivity index (χ4v) is 3.24. The Labute approximate surface area is 169 Å². The molecule has 2 rings (SSSR count). The van der Waals surface area contributed by atoms with Crippen molar-refractivity contribution in [1.29, 1.82) is 0 Å². The highest BCUT2D eigenvalue weighted by Crippen LogP contribution is 2.19. The molecule has 29 heavy (non-hydrogen) atoms. The Hall–Kier alpha value is -2.78. The van der Waals surface area contributed by atoms with Crippen LogP contribution in [0.1, 0.15) is 48.7 Å². The second-order valence-corrected chi connectivity index (χ2v) is 8.06. The molecule has 0 aliphatic carbocycles. The maximum absolute atomic E-state index is 14.0. The Morgan fingerprint density at radius 1 is 1.17 bits per heavy atom. The van der Waals surface area contributed by atoms with Gasteiger partial charge in [0.1, 0.15) is 5.82 Å². The van der Waals surface area contributed by atoms with E-state index in [2.05, 4.69) is 5.32 Å². The second kappa shape index (κ2) is 9.62. The quantitative estimate of drug-likeness (QED) is 0.635. The molecular weight excluding hydrogens is 399 g/mol. The molecular formula is C20H23FN2O5S. The number of amides is 1. The topological polar surface area (TPSA) is 116 Å². The normalized spacial score (nSPS) is 13.4. The molecule has 1 amide bonds. The number of esters is 1. The molecule has 0 saturated heterocycles. The number of sulfonamides is 1. The molecule has 156 valence electrons. The van der Waals surface area contributed by atoms with Crippen molar-refractivity contribution in [3.8, 4) is 0 Å². The van der Waals surface area contributed by atoms with E-state index < -0.39 is 44.3 Å². The summed E-state index contributed by atoms with van der Waals surface area (Å²) in [5, 5.41) is 7.81. The number of primary sulfonamides is 1. The summed E-state index contributed by atoms with van der Waals surface area (Å²) >= 11 is 0. The summed E-state index contributed by atoms with van der Waals surface area (Å²) in [4.78, 5) is 24.3. The summed E-state index contributed by atoms with van der Waals surface area (Å²) in [7, 11) is -4.13. The molecule has 0 aromatic heterocycles. The van der Waals surface area contributed by atoms with Crippen molar-refractivity contribution in [2.75, 3.05) is 0 Å². The van der Waals surface area contributed by atoms with E-state index in [4.69, 9.17) is 9.88 Å². The van der Waals surface area contributed by atoms with E-state index in [0.29, 0.717) is 6.42 Å². The van der Waals surface area contributed by atoms with E-state index in [1.165, 1.54) is 6.92 Å². The van der Waals surface area contributed by atoms with Gasteiger partial charge in [0, 0.05) is 0 Å². The van der Waals surface area contributed by atoms with E-state index in [9.17, 15) is 22.4 Å². The van der Waals surface area contributed by atoms with Crippen molar-refractivity contribution in [2.24, 2.45) is 5.14 Å². The second-order valence-electron chi connectivity index (χ2n) is 6.49. The van der Waals surface area contributed by atoms with E-state index in [0.717, 1.165) is 30.2 Å². The molecule has 2 atom stereocenters. The van der Waals surface area contributed by atoms with Gasteiger partial charge in [0.25, 0.3) is 5.91 Å². The highest BCUT2D eigenvalue weighted by atomic mass is 32.2. The summed E-state index contributed by atoms with van der Waals surface area (Å²) in [6.45, 7) is 3.33. The molecule has 0 bridgehead atoms. The first-order valence-corrected chi connectivity index (χ1v) is 10.6. The van der Waals surface area contributed by atoms with Gasteiger partial charge in [-0.2, -0.15) is 0 Å². The number of nitrogens with one attached hydrogen (secondary N) is 1. The maximum atomic E-state index is 14.0.